The van der Waals surface area contributed by atoms with Gasteiger partial charge in [0.15, 0.2) is 0 Å². The lowest BCUT2D eigenvalue weighted by Gasteiger charge is -2.34. The molecular formula is C11H19FN4S. The summed E-state index contributed by atoms with van der Waals surface area (Å²) in [6, 6.07) is 0. The molecule has 0 aliphatic carbocycles. The third-order valence-corrected chi connectivity index (χ3v) is 3.84. The third kappa shape index (κ3) is 3.35. The molecule has 0 spiro atoms. The average molecular weight is 258 g/mol. The summed E-state index contributed by atoms with van der Waals surface area (Å²) in [5, 5.41) is 1.03. The Morgan fingerprint density at radius 3 is 2.65 bits per heavy atom. The number of halogens is 1. The molecule has 0 bridgehead atoms. The molecule has 0 radical (unpaired) electrons. The van der Waals surface area contributed by atoms with Crippen molar-refractivity contribution < 1.29 is 4.39 Å². The van der Waals surface area contributed by atoms with Crippen LogP contribution in [-0.2, 0) is 6.42 Å². The number of hydrogen-bond acceptors (Lipinski definition) is 5. The lowest BCUT2D eigenvalue weighted by Crippen LogP contribution is -2.46. The van der Waals surface area contributed by atoms with Gasteiger partial charge in [-0.1, -0.05) is 6.92 Å². The Labute approximate surface area is 106 Å². The maximum atomic E-state index is 12.1. The Kier molecular flexibility index (Phi) is 4.67. The summed E-state index contributed by atoms with van der Waals surface area (Å²) in [6.07, 6.45) is 1.55. The molecule has 2 rings (SSSR count). The quantitative estimate of drug-likeness (QED) is 0.802. The SMILES string of the molecule is CCc1nsc(N2CCN(CCCF)CC2)n1. The van der Waals surface area contributed by atoms with Gasteiger partial charge in [0.2, 0.25) is 5.13 Å². The number of anilines is 1. The number of hydrogen-bond donors (Lipinski definition) is 0. The highest BCUT2D eigenvalue weighted by Gasteiger charge is 2.19. The summed E-state index contributed by atoms with van der Waals surface area (Å²) in [5.41, 5.74) is 0. The summed E-state index contributed by atoms with van der Waals surface area (Å²) in [5.74, 6) is 0.935. The van der Waals surface area contributed by atoms with E-state index >= 15 is 0 Å². The molecule has 1 aromatic rings. The van der Waals surface area contributed by atoms with Crippen LogP contribution >= 0.6 is 11.5 Å². The number of aromatic nitrogens is 2. The van der Waals surface area contributed by atoms with Crippen molar-refractivity contribution in [2.75, 3.05) is 44.3 Å². The molecule has 0 aromatic carbocycles. The van der Waals surface area contributed by atoms with Crippen LogP contribution in [0.4, 0.5) is 9.52 Å². The third-order valence-electron chi connectivity index (χ3n) is 3.02. The van der Waals surface area contributed by atoms with E-state index < -0.39 is 0 Å². The largest absolute Gasteiger partial charge is 0.344 e. The minimum atomic E-state index is -0.212. The van der Waals surface area contributed by atoms with Crippen LogP contribution in [0.25, 0.3) is 0 Å². The van der Waals surface area contributed by atoms with Gasteiger partial charge in [0, 0.05) is 50.7 Å². The highest BCUT2D eigenvalue weighted by atomic mass is 32.1. The number of piperazine rings is 1. The maximum Gasteiger partial charge on any atom is 0.205 e. The van der Waals surface area contributed by atoms with Gasteiger partial charge in [-0.2, -0.15) is 4.37 Å². The zero-order chi connectivity index (χ0) is 12.1. The fraction of sp³-hybridized carbons (Fsp3) is 0.818. The van der Waals surface area contributed by atoms with Crippen LogP contribution < -0.4 is 4.90 Å². The van der Waals surface area contributed by atoms with Crippen molar-refractivity contribution in [3.05, 3.63) is 5.82 Å². The maximum absolute atomic E-state index is 12.1. The van der Waals surface area contributed by atoms with Crippen molar-refractivity contribution >= 4 is 16.7 Å². The number of alkyl halides is 1. The molecule has 0 saturated carbocycles. The predicted molar refractivity (Wildman–Crippen MR) is 68.5 cm³/mol. The second-order valence-corrected chi connectivity index (χ2v) is 4.95. The first-order valence-electron chi connectivity index (χ1n) is 6.19. The molecule has 1 aliphatic rings. The van der Waals surface area contributed by atoms with Crippen LogP contribution in [0.2, 0.25) is 0 Å². The van der Waals surface area contributed by atoms with Gasteiger partial charge in [-0.05, 0) is 6.42 Å². The Morgan fingerprint density at radius 1 is 1.29 bits per heavy atom. The Balaban J connectivity index is 1.82. The van der Waals surface area contributed by atoms with E-state index in [4.69, 9.17) is 0 Å². The van der Waals surface area contributed by atoms with E-state index in [1.807, 2.05) is 0 Å². The molecule has 0 amide bonds. The van der Waals surface area contributed by atoms with Gasteiger partial charge in [0.05, 0.1) is 6.67 Å². The summed E-state index contributed by atoms with van der Waals surface area (Å²) >= 11 is 1.49. The van der Waals surface area contributed by atoms with Crippen molar-refractivity contribution in [1.29, 1.82) is 0 Å². The van der Waals surface area contributed by atoms with E-state index in [-0.39, 0.29) is 6.67 Å². The standard InChI is InChI=1S/C11H19FN4S/c1-2-10-13-11(17-14-10)16-8-6-15(7-9-16)5-3-4-12/h2-9H2,1H3. The van der Waals surface area contributed by atoms with Gasteiger partial charge in [0.1, 0.15) is 5.82 Å². The summed E-state index contributed by atoms with van der Waals surface area (Å²) in [7, 11) is 0. The van der Waals surface area contributed by atoms with Crippen molar-refractivity contribution in [3.63, 3.8) is 0 Å². The second kappa shape index (κ2) is 6.26. The van der Waals surface area contributed by atoms with Gasteiger partial charge >= 0.3 is 0 Å². The summed E-state index contributed by atoms with van der Waals surface area (Å²) in [6.45, 7) is 6.69. The minimum absolute atomic E-state index is 0.212. The first-order valence-corrected chi connectivity index (χ1v) is 6.96. The molecule has 1 fully saturated rings. The first-order chi connectivity index (χ1) is 8.33. The topological polar surface area (TPSA) is 32.3 Å². The van der Waals surface area contributed by atoms with Crippen molar-refractivity contribution in [1.82, 2.24) is 14.3 Å². The number of rotatable bonds is 5. The van der Waals surface area contributed by atoms with E-state index in [2.05, 4.69) is 26.1 Å². The molecule has 0 N–H and O–H groups in total. The lowest BCUT2D eigenvalue weighted by atomic mass is 10.3. The lowest BCUT2D eigenvalue weighted by molar-refractivity contribution is 0.245. The number of nitrogens with zero attached hydrogens (tertiary/aromatic N) is 4. The van der Waals surface area contributed by atoms with Gasteiger partial charge < -0.3 is 4.90 Å². The second-order valence-electron chi connectivity index (χ2n) is 4.22. The van der Waals surface area contributed by atoms with Crippen LogP contribution in [0.3, 0.4) is 0 Å². The van der Waals surface area contributed by atoms with Crippen LogP contribution in [0.5, 0.6) is 0 Å². The summed E-state index contributed by atoms with van der Waals surface area (Å²) in [4.78, 5) is 9.09. The monoisotopic (exact) mass is 258 g/mol. The van der Waals surface area contributed by atoms with Crippen molar-refractivity contribution in [2.45, 2.75) is 19.8 Å². The molecule has 6 heteroatoms. The van der Waals surface area contributed by atoms with Crippen LogP contribution in [0, 0.1) is 0 Å². The van der Waals surface area contributed by atoms with E-state index in [1.54, 1.807) is 0 Å². The highest BCUT2D eigenvalue weighted by Crippen LogP contribution is 2.19. The van der Waals surface area contributed by atoms with Crippen LogP contribution in [0.15, 0.2) is 0 Å². The molecule has 96 valence electrons. The first kappa shape index (κ1) is 12.7. The predicted octanol–water partition coefficient (Wildman–Crippen LogP) is 1.58. The molecule has 1 aliphatic heterocycles. The van der Waals surface area contributed by atoms with E-state index in [0.717, 1.165) is 50.1 Å². The zero-order valence-corrected chi connectivity index (χ0v) is 11.0. The van der Waals surface area contributed by atoms with E-state index in [1.165, 1.54) is 11.5 Å². The summed E-state index contributed by atoms with van der Waals surface area (Å²) < 4.78 is 16.4. The fourth-order valence-electron chi connectivity index (χ4n) is 1.96. The Bertz CT molecular complexity index is 336. The smallest absolute Gasteiger partial charge is 0.205 e. The van der Waals surface area contributed by atoms with Crippen LogP contribution in [0.1, 0.15) is 19.2 Å². The molecule has 2 heterocycles. The van der Waals surface area contributed by atoms with Gasteiger partial charge in [0.25, 0.3) is 0 Å². The molecule has 0 atom stereocenters. The number of aryl methyl sites for hydroxylation is 1. The van der Waals surface area contributed by atoms with Gasteiger partial charge in [-0.3, -0.25) is 9.29 Å². The fourth-order valence-corrected chi connectivity index (χ4v) is 2.76. The molecule has 17 heavy (non-hydrogen) atoms. The molecular weight excluding hydrogens is 239 g/mol. The van der Waals surface area contributed by atoms with Gasteiger partial charge in [-0.25, -0.2) is 4.98 Å². The van der Waals surface area contributed by atoms with Crippen molar-refractivity contribution in [3.8, 4) is 0 Å². The van der Waals surface area contributed by atoms with Gasteiger partial charge in [-0.15, -0.1) is 0 Å². The Morgan fingerprint density at radius 2 is 2.06 bits per heavy atom. The minimum Gasteiger partial charge on any atom is -0.344 e. The van der Waals surface area contributed by atoms with E-state index in [9.17, 15) is 4.39 Å². The van der Waals surface area contributed by atoms with Crippen LogP contribution in [-0.4, -0.2) is 53.7 Å². The normalized spacial score (nSPS) is 17.6. The molecule has 1 saturated heterocycles. The molecule has 4 nitrogen and oxygen atoms in total. The van der Waals surface area contributed by atoms with Crippen molar-refractivity contribution in [2.24, 2.45) is 0 Å². The molecule has 0 unspecified atom stereocenters. The molecule has 1 aromatic heterocycles. The highest BCUT2D eigenvalue weighted by molar-refractivity contribution is 7.09. The zero-order valence-electron chi connectivity index (χ0n) is 10.2. The van der Waals surface area contributed by atoms with E-state index in [0.29, 0.717) is 6.42 Å². The Hall–Kier alpha value is -0.750. The average Bonchev–Trinajstić information content (AvgIpc) is 2.86.